The number of anilines is 1. The van der Waals surface area contributed by atoms with Gasteiger partial charge >= 0.3 is 12.1 Å². The first-order valence-electron chi connectivity index (χ1n) is 12.1. The van der Waals surface area contributed by atoms with Gasteiger partial charge in [0.05, 0.1) is 10.3 Å². The van der Waals surface area contributed by atoms with E-state index in [-0.39, 0.29) is 10.8 Å². The van der Waals surface area contributed by atoms with E-state index in [2.05, 4.69) is 10.0 Å². The first kappa shape index (κ1) is 28.5. The highest BCUT2D eigenvalue weighted by atomic mass is 32.2. The Morgan fingerprint density at radius 1 is 0.973 bits per heavy atom. The lowest BCUT2D eigenvalue weighted by molar-refractivity contribution is -0.192. The number of hydrogen-bond acceptors (Lipinski definition) is 4. The number of aliphatic carboxylic acids is 1. The van der Waals surface area contributed by atoms with E-state index in [0.717, 1.165) is 30.5 Å². The van der Waals surface area contributed by atoms with Crippen LogP contribution in [0.4, 0.5) is 18.9 Å². The second-order valence-corrected chi connectivity index (χ2v) is 11.3. The summed E-state index contributed by atoms with van der Waals surface area (Å²) in [5, 5.41) is 10.3. The molecule has 1 amide bonds. The van der Waals surface area contributed by atoms with Crippen molar-refractivity contribution in [2.75, 3.05) is 11.3 Å². The van der Waals surface area contributed by atoms with Crippen LogP contribution in [0, 0.1) is 12.8 Å². The molecule has 2 aliphatic carbocycles. The normalized spacial score (nSPS) is 17.2. The minimum absolute atomic E-state index is 0.112. The molecule has 0 aliphatic heterocycles. The number of carbonyl (C=O) groups is 2. The number of hydrogen-bond donors (Lipinski definition) is 3. The number of sulfonamides is 1. The first-order valence-corrected chi connectivity index (χ1v) is 13.6. The number of amides is 1. The summed E-state index contributed by atoms with van der Waals surface area (Å²) in [7, 11) is -3.63. The molecule has 2 saturated carbocycles. The van der Waals surface area contributed by atoms with E-state index in [9.17, 15) is 26.4 Å². The zero-order valence-electron chi connectivity index (χ0n) is 20.5. The summed E-state index contributed by atoms with van der Waals surface area (Å²) < 4.78 is 59.5. The van der Waals surface area contributed by atoms with Crippen LogP contribution in [0.15, 0.2) is 53.4 Å². The van der Waals surface area contributed by atoms with Gasteiger partial charge in [0.2, 0.25) is 5.91 Å². The van der Waals surface area contributed by atoms with E-state index >= 15 is 0 Å². The van der Waals surface area contributed by atoms with Crippen LogP contribution in [0.2, 0.25) is 0 Å². The van der Waals surface area contributed by atoms with Crippen LogP contribution < -0.4 is 10.0 Å². The fourth-order valence-electron chi connectivity index (χ4n) is 4.36. The fourth-order valence-corrected chi connectivity index (χ4v) is 5.42. The number of carboxylic acids is 1. The Hall–Kier alpha value is -3.08. The summed E-state index contributed by atoms with van der Waals surface area (Å²) >= 11 is 0. The predicted octanol–water partition coefficient (Wildman–Crippen LogP) is 5.16. The molecule has 4 rings (SSSR count). The largest absolute Gasteiger partial charge is 0.490 e. The van der Waals surface area contributed by atoms with Crippen LogP contribution in [0.5, 0.6) is 0 Å². The molecule has 0 unspecified atom stereocenters. The van der Waals surface area contributed by atoms with Crippen LogP contribution >= 0.6 is 0 Å². The van der Waals surface area contributed by atoms with Gasteiger partial charge in [0.25, 0.3) is 10.0 Å². The van der Waals surface area contributed by atoms with Gasteiger partial charge in [-0.3, -0.25) is 9.52 Å². The maximum Gasteiger partial charge on any atom is 0.490 e. The Balaban J connectivity index is 0.000000479. The molecule has 0 bridgehead atoms. The van der Waals surface area contributed by atoms with E-state index < -0.39 is 27.6 Å². The molecule has 0 heterocycles. The number of carboxylic acid groups (broad SMARTS) is 1. The molecular formula is C26H31F3N2O5S. The molecular weight excluding hydrogens is 509 g/mol. The monoisotopic (exact) mass is 540 g/mol. The van der Waals surface area contributed by atoms with Gasteiger partial charge in [-0.15, -0.1) is 0 Å². The maximum absolute atomic E-state index is 12.9. The highest BCUT2D eigenvalue weighted by molar-refractivity contribution is 7.92. The van der Waals surface area contributed by atoms with Gasteiger partial charge in [-0.05, 0) is 68.4 Å². The molecule has 3 N–H and O–H groups in total. The molecule has 37 heavy (non-hydrogen) atoms. The molecule has 0 spiro atoms. The van der Waals surface area contributed by atoms with Gasteiger partial charge in [-0.25, -0.2) is 13.2 Å². The van der Waals surface area contributed by atoms with Gasteiger partial charge in [-0.1, -0.05) is 49.1 Å². The van der Waals surface area contributed by atoms with Gasteiger partial charge in [-0.2, -0.15) is 13.2 Å². The van der Waals surface area contributed by atoms with Crippen LogP contribution in [-0.4, -0.2) is 38.1 Å². The number of alkyl halides is 3. The van der Waals surface area contributed by atoms with Crippen molar-refractivity contribution < 1.29 is 36.3 Å². The highest BCUT2D eigenvalue weighted by Gasteiger charge is 2.51. The van der Waals surface area contributed by atoms with Gasteiger partial charge in [0.15, 0.2) is 0 Å². The van der Waals surface area contributed by atoms with E-state index in [1.165, 1.54) is 32.1 Å². The van der Waals surface area contributed by atoms with Crippen LogP contribution in [-0.2, 0) is 25.0 Å². The lowest BCUT2D eigenvalue weighted by atomic mass is 9.88. The maximum atomic E-state index is 12.9. The van der Waals surface area contributed by atoms with Gasteiger partial charge in [0, 0.05) is 12.2 Å². The fraction of sp³-hybridized carbons (Fsp3) is 0.462. The number of halogens is 3. The number of carbonyl (C=O) groups excluding carboxylic acids is 1. The van der Waals surface area contributed by atoms with Crippen molar-refractivity contribution >= 4 is 27.6 Å². The average Bonchev–Trinajstić information content (AvgIpc) is 3.66. The third-order valence-corrected chi connectivity index (χ3v) is 8.12. The Kier molecular flexibility index (Phi) is 8.88. The minimum Gasteiger partial charge on any atom is -0.475 e. The molecule has 2 aliphatic rings. The van der Waals surface area contributed by atoms with Gasteiger partial charge < -0.3 is 10.4 Å². The average molecular weight is 541 g/mol. The topological polar surface area (TPSA) is 113 Å². The van der Waals surface area contributed by atoms with Crippen molar-refractivity contribution in [2.45, 2.75) is 68.4 Å². The quantitative estimate of drug-likeness (QED) is 0.449. The van der Waals surface area contributed by atoms with Crippen LogP contribution in [0.1, 0.15) is 56.1 Å². The zero-order valence-corrected chi connectivity index (χ0v) is 21.3. The van der Waals surface area contributed by atoms with Crippen molar-refractivity contribution in [1.29, 1.82) is 0 Å². The molecule has 11 heteroatoms. The van der Waals surface area contributed by atoms with Crippen LogP contribution in [0.25, 0.3) is 0 Å². The molecule has 0 radical (unpaired) electrons. The first-order chi connectivity index (χ1) is 17.3. The lowest BCUT2D eigenvalue weighted by Crippen LogP contribution is -2.38. The van der Waals surface area contributed by atoms with Crippen LogP contribution in [0.3, 0.4) is 0 Å². The number of benzene rings is 2. The summed E-state index contributed by atoms with van der Waals surface area (Å²) in [6.45, 7) is 2.69. The molecule has 0 aromatic heterocycles. The van der Waals surface area contributed by atoms with Gasteiger partial charge in [0.1, 0.15) is 0 Å². The number of nitrogens with one attached hydrogen (secondary N) is 2. The molecule has 0 atom stereocenters. The smallest absolute Gasteiger partial charge is 0.475 e. The Labute approximate surface area is 214 Å². The summed E-state index contributed by atoms with van der Waals surface area (Å²) in [5.74, 6) is -2.04. The summed E-state index contributed by atoms with van der Waals surface area (Å²) in [5.41, 5.74) is 2.03. The molecule has 2 aromatic carbocycles. The third kappa shape index (κ3) is 7.70. The van der Waals surface area contributed by atoms with E-state index in [0.29, 0.717) is 11.6 Å². The predicted molar refractivity (Wildman–Crippen MR) is 133 cm³/mol. The SMILES string of the molecule is Cc1ccc(S(=O)(=O)Nc2ccc(C3(C(=O)NCC4CCCCC4)CC3)cc2)cc1.O=C(O)C(F)(F)F. The second-order valence-electron chi connectivity index (χ2n) is 9.59. The molecule has 0 saturated heterocycles. The molecule has 7 nitrogen and oxygen atoms in total. The summed E-state index contributed by atoms with van der Waals surface area (Å²) in [4.78, 5) is 22.0. The molecule has 202 valence electrons. The van der Waals surface area contributed by atoms with E-state index in [4.69, 9.17) is 9.90 Å². The number of rotatable bonds is 7. The lowest BCUT2D eigenvalue weighted by Gasteiger charge is -2.23. The molecule has 2 fully saturated rings. The molecule has 2 aromatic rings. The van der Waals surface area contributed by atoms with Crippen molar-refractivity contribution in [3.05, 3.63) is 59.7 Å². The van der Waals surface area contributed by atoms with Crippen molar-refractivity contribution in [2.24, 2.45) is 5.92 Å². The van der Waals surface area contributed by atoms with E-state index in [1.54, 1.807) is 36.4 Å². The second kappa shape index (κ2) is 11.5. The Bertz CT molecular complexity index is 1190. The van der Waals surface area contributed by atoms with Crippen molar-refractivity contribution in [1.82, 2.24) is 5.32 Å². The summed E-state index contributed by atoms with van der Waals surface area (Å²) in [6.07, 6.45) is 2.88. The minimum atomic E-state index is -5.08. The Morgan fingerprint density at radius 2 is 1.51 bits per heavy atom. The third-order valence-electron chi connectivity index (χ3n) is 6.72. The Morgan fingerprint density at radius 3 is 2.00 bits per heavy atom. The van der Waals surface area contributed by atoms with Crippen molar-refractivity contribution in [3.8, 4) is 0 Å². The summed E-state index contributed by atoms with van der Waals surface area (Å²) in [6, 6.07) is 14.0. The van der Waals surface area contributed by atoms with E-state index in [1.807, 2.05) is 19.1 Å². The van der Waals surface area contributed by atoms with Crippen molar-refractivity contribution in [3.63, 3.8) is 0 Å². The standard InChI is InChI=1S/C24H30N2O3S.C2HF3O2/c1-18-7-13-22(14-8-18)30(28,29)26-21-11-9-20(10-12-21)24(15-16-24)23(27)25-17-19-5-3-2-4-6-19;3-2(4,5)1(6)7/h7-14,19,26H,2-6,15-17H2,1H3,(H,25,27);(H,6,7). The number of aryl methyl sites for hydroxylation is 1. The highest BCUT2D eigenvalue weighted by Crippen LogP contribution is 2.48. The zero-order chi connectivity index (χ0) is 27.3.